The fourth-order valence-corrected chi connectivity index (χ4v) is 3.42. The van der Waals surface area contributed by atoms with Crippen LogP contribution in [0.15, 0.2) is 12.1 Å². The predicted octanol–water partition coefficient (Wildman–Crippen LogP) is 3.81. The quantitative estimate of drug-likeness (QED) is 0.913. The summed E-state index contributed by atoms with van der Waals surface area (Å²) < 4.78 is 0. The lowest BCUT2D eigenvalue weighted by molar-refractivity contribution is -0.121. The van der Waals surface area contributed by atoms with Gasteiger partial charge in [-0.15, -0.1) is 0 Å². The van der Waals surface area contributed by atoms with E-state index < -0.39 is 0 Å². The first-order chi connectivity index (χ1) is 9.93. The molecule has 1 amide bonds. The van der Waals surface area contributed by atoms with Crippen LogP contribution in [0.4, 0.5) is 5.69 Å². The van der Waals surface area contributed by atoms with Crippen LogP contribution < -0.4 is 5.32 Å². The predicted molar refractivity (Wildman–Crippen MR) is 88.8 cm³/mol. The maximum Gasteiger partial charge on any atom is 0.241 e. The van der Waals surface area contributed by atoms with Gasteiger partial charge >= 0.3 is 0 Å². The Morgan fingerprint density at radius 1 is 1.33 bits per heavy atom. The topological polar surface area (TPSA) is 32.3 Å². The van der Waals surface area contributed by atoms with Gasteiger partial charge in [0.25, 0.3) is 0 Å². The molecule has 0 aliphatic carbocycles. The van der Waals surface area contributed by atoms with Crippen molar-refractivity contribution in [1.82, 2.24) is 4.90 Å². The highest BCUT2D eigenvalue weighted by Crippen LogP contribution is 2.26. The summed E-state index contributed by atoms with van der Waals surface area (Å²) in [6.07, 6.45) is 3.18. The van der Waals surface area contributed by atoms with E-state index in [-0.39, 0.29) is 11.9 Å². The smallest absolute Gasteiger partial charge is 0.241 e. The summed E-state index contributed by atoms with van der Waals surface area (Å²) in [4.78, 5) is 15.0. The van der Waals surface area contributed by atoms with Crippen molar-refractivity contribution in [2.45, 2.75) is 66.0 Å². The van der Waals surface area contributed by atoms with Gasteiger partial charge < -0.3 is 5.32 Å². The highest BCUT2D eigenvalue weighted by Gasteiger charge is 2.33. The Kier molecular flexibility index (Phi) is 5.04. The molecular formula is C18H28N2O. The molecule has 1 aliphatic heterocycles. The second kappa shape index (κ2) is 6.61. The summed E-state index contributed by atoms with van der Waals surface area (Å²) in [6, 6.07) is 4.76. The minimum absolute atomic E-state index is 0.0278. The third-order valence-corrected chi connectivity index (χ3v) is 4.68. The number of aryl methyl sites for hydroxylation is 3. The second-order valence-electron chi connectivity index (χ2n) is 6.42. The molecule has 1 aliphatic rings. The van der Waals surface area contributed by atoms with Gasteiger partial charge in [-0.25, -0.2) is 0 Å². The molecule has 1 N–H and O–H groups in total. The molecule has 1 aromatic rings. The first kappa shape index (κ1) is 16.0. The molecule has 0 saturated carbocycles. The van der Waals surface area contributed by atoms with E-state index in [2.05, 4.69) is 57.0 Å². The van der Waals surface area contributed by atoms with Crippen LogP contribution in [0.5, 0.6) is 0 Å². The van der Waals surface area contributed by atoms with Crippen LogP contribution in [0.2, 0.25) is 0 Å². The largest absolute Gasteiger partial charge is 0.324 e. The van der Waals surface area contributed by atoms with E-state index in [4.69, 9.17) is 0 Å². The molecular weight excluding hydrogens is 260 g/mol. The van der Waals surface area contributed by atoms with Gasteiger partial charge in [0.2, 0.25) is 5.91 Å². The van der Waals surface area contributed by atoms with Crippen molar-refractivity contribution < 1.29 is 4.79 Å². The third-order valence-electron chi connectivity index (χ3n) is 4.68. The summed E-state index contributed by atoms with van der Waals surface area (Å²) in [6.45, 7) is 11.7. The van der Waals surface area contributed by atoms with Crippen molar-refractivity contribution >= 4 is 11.6 Å². The van der Waals surface area contributed by atoms with Crippen LogP contribution in [0.1, 0.15) is 49.8 Å². The van der Waals surface area contributed by atoms with Gasteiger partial charge in [0, 0.05) is 11.7 Å². The minimum atomic E-state index is 0.0278. The molecule has 1 fully saturated rings. The maximum absolute atomic E-state index is 12.7. The molecule has 0 unspecified atom stereocenters. The van der Waals surface area contributed by atoms with Gasteiger partial charge in [-0.2, -0.15) is 0 Å². The molecule has 116 valence electrons. The lowest BCUT2D eigenvalue weighted by Crippen LogP contribution is -2.44. The number of rotatable bonds is 4. The SMILES string of the molecule is CC[C@@H](C)N1CCC[C@@H]1C(=O)Nc1c(C)cc(C)cc1C. The molecule has 1 saturated heterocycles. The Hall–Kier alpha value is -1.35. The van der Waals surface area contributed by atoms with E-state index in [0.717, 1.165) is 42.6 Å². The zero-order chi connectivity index (χ0) is 15.6. The monoisotopic (exact) mass is 288 g/mol. The third kappa shape index (κ3) is 3.46. The number of nitrogens with zero attached hydrogens (tertiary/aromatic N) is 1. The molecule has 0 bridgehead atoms. The Labute approximate surface area is 128 Å². The van der Waals surface area contributed by atoms with Crippen LogP contribution >= 0.6 is 0 Å². The maximum atomic E-state index is 12.7. The van der Waals surface area contributed by atoms with Gasteiger partial charge in [-0.05, 0) is 64.6 Å². The van der Waals surface area contributed by atoms with Crippen molar-refractivity contribution in [3.8, 4) is 0 Å². The van der Waals surface area contributed by atoms with E-state index in [9.17, 15) is 4.79 Å². The minimum Gasteiger partial charge on any atom is -0.324 e. The average molecular weight is 288 g/mol. The van der Waals surface area contributed by atoms with E-state index >= 15 is 0 Å². The van der Waals surface area contributed by atoms with Gasteiger partial charge in [-0.1, -0.05) is 24.6 Å². The highest BCUT2D eigenvalue weighted by molar-refractivity contribution is 5.96. The lowest BCUT2D eigenvalue weighted by atomic mass is 10.0. The first-order valence-electron chi connectivity index (χ1n) is 8.08. The number of nitrogens with one attached hydrogen (secondary N) is 1. The van der Waals surface area contributed by atoms with E-state index in [0.29, 0.717) is 6.04 Å². The Bertz CT molecular complexity index is 501. The molecule has 21 heavy (non-hydrogen) atoms. The van der Waals surface area contributed by atoms with Gasteiger partial charge in [0.1, 0.15) is 0 Å². The lowest BCUT2D eigenvalue weighted by Gasteiger charge is -2.29. The highest BCUT2D eigenvalue weighted by atomic mass is 16.2. The summed E-state index contributed by atoms with van der Waals surface area (Å²) in [5.41, 5.74) is 4.52. The molecule has 3 nitrogen and oxygen atoms in total. The zero-order valence-electron chi connectivity index (χ0n) is 14.0. The second-order valence-corrected chi connectivity index (χ2v) is 6.42. The fourth-order valence-electron chi connectivity index (χ4n) is 3.42. The number of carbonyl (C=O) groups is 1. The van der Waals surface area contributed by atoms with E-state index in [1.165, 1.54) is 5.56 Å². The molecule has 0 radical (unpaired) electrons. The number of hydrogen-bond acceptors (Lipinski definition) is 2. The number of amides is 1. The Morgan fingerprint density at radius 2 is 1.95 bits per heavy atom. The van der Waals surface area contributed by atoms with Crippen LogP contribution in [-0.2, 0) is 4.79 Å². The van der Waals surface area contributed by atoms with Gasteiger partial charge in [0.05, 0.1) is 6.04 Å². The number of anilines is 1. The van der Waals surface area contributed by atoms with Crippen LogP contribution in [0, 0.1) is 20.8 Å². The Morgan fingerprint density at radius 3 is 2.52 bits per heavy atom. The van der Waals surface area contributed by atoms with Crippen molar-refractivity contribution in [3.05, 3.63) is 28.8 Å². The van der Waals surface area contributed by atoms with Crippen molar-refractivity contribution in [3.63, 3.8) is 0 Å². The molecule has 2 atom stereocenters. The fraction of sp³-hybridized carbons (Fsp3) is 0.611. The molecule has 0 aromatic heterocycles. The molecule has 1 heterocycles. The van der Waals surface area contributed by atoms with Gasteiger partial charge in [0.15, 0.2) is 0 Å². The summed E-state index contributed by atoms with van der Waals surface area (Å²) in [5.74, 6) is 0.155. The number of carbonyl (C=O) groups excluding carboxylic acids is 1. The van der Waals surface area contributed by atoms with Gasteiger partial charge in [-0.3, -0.25) is 9.69 Å². The average Bonchev–Trinajstić information content (AvgIpc) is 2.91. The zero-order valence-corrected chi connectivity index (χ0v) is 14.0. The first-order valence-corrected chi connectivity index (χ1v) is 8.08. The van der Waals surface area contributed by atoms with Crippen molar-refractivity contribution in [2.24, 2.45) is 0 Å². The van der Waals surface area contributed by atoms with Crippen molar-refractivity contribution in [2.75, 3.05) is 11.9 Å². The number of likely N-dealkylation sites (tertiary alicyclic amines) is 1. The summed E-state index contributed by atoms with van der Waals surface area (Å²) in [7, 11) is 0. The van der Waals surface area contributed by atoms with E-state index in [1.807, 2.05) is 0 Å². The normalized spacial score (nSPS) is 20.5. The molecule has 3 heteroatoms. The van der Waals surface area contributed by atoms with Crippen LogP contribution in [-0.4, -0.2) is 29.4 Å². The molecule has 1 aromatic carbocycles. The van der Waals surface area contributed by atoms with Crippen LogP contribution in [0.25, 0.3) is 0 Å². The van der Waals surface area contributed by atoms with E-state index in [1.54, 1.807) is 0 Å². The molecule has 0 spiro atoms. The number of benzene rings is 1. The number of hydrogen-bond donors (Lipinski definition) is 1. The summed E-state index contributed by atoms with van der Waals surface area (Å²) >= 11 is 0. The standard InChI is InChI=1S/C18H28N2O/c1-6-15(5)20-9-7-8-16(20)18(21)19-17-13(3)10-12(2)11-14(17)4/h10-11,15-16H,6-9H2,1-5H3,(H,19,21)/t15-,16-/m1/s1. The van der Waals surface area contributed by atoms with Crippen molar-refractivity contribution in [1.29, 1.82) is 0 Å². The molecule has 2 rings (SSSR count). The van der Waals surface area contributed by atoms with Crippen LogP contribution in [0.3, 0.4) is 0 Å². The Balaban J connectivity index is 2.15. The summed E-state index contributed by atoms with van der Waals surface area (Å²) in [5, 5.41) is 3.18.